The zero-order chi connectivity index (χ0) is 13.5. The molecule has 0 radical (unpaired) electrons. The summed E-state index contributed by atoms with van der Waals surface area (Å²) in [6.07, 6.45) is 2.02. The van der Waals surface area contributed by atoms with Crippen LogP contribution in [0.25, 0.3) is 0 Å². The van der Waals surface area contributed by atoms with E-state index in [1.54, 1.807) is 0 Å². The second kappa shape index (κ2) is 7.14. The van der Waals surface area contributed by atoms with E-state index in [9.17, 15) is 9.59 Å². The van der Waals surface area contributed by atoms with Gasteiger partial charge in [0.25, 0.3) is 0 Å². The highest BCUT2D eigenvalue weighted by molar-refractivity contribution is 5.82. The van der Waals surface area contributed by atoms with Crippen molar-refractivity contribution in [1.29, 1.82) is 0 Å². The maximum absolute atomic E-state index is 11.4. The van der Waals surface area contributed by atoms with E-state index in [-0.39, 0.29) is 5.41 Å². The number of carboxylic acid groups (broad SMARTS) is 1. The first-order valence-corrected chi connectivity index (χ1v) is 6.03. The first-order chi connectivity index (χ1) is 7.76. The van der Waals surface area contributed by atoms with E-state index in [2.05, 4.69) is 31.4 Å². The van der Waals surface area contributed by atoms with Gasteiger partial charge in [-0.3, -0.25) is 0 Å². The molecule has 5 heteroatoms. The number of amides is 2. The number of urea groups is 1. The van der Waals surface area contributed by atoms with Gasteiger partial charge in [-0.05, 0) is 18.3 Å². The predicted octanol–water partition coefficient (Wildman–Crippen LogP) is 1.98. The van der Waals surface area contributed by atoms with Gasteiger partial charge in [0, 0.05) is 6.54 Å². The lowest BCUT2D eigenvalue weighted by atomic mass is 9.92. The van der Waals surface area contributed by atoms with E-state index in [0.29, 0.717) is 13.0 Å². The molecule has 0 saturated heterocycles. The van der Waals surface area contributed by atoms with Gasteiger partial charge in [-0.25, -0.2) is 9.59 Å². The first-order valence-electron chi connectivity index (χ1n) is 6.03. The van der Waals surface area contributed by atoms with Crippen molar-refractivity contribution in [2.75, 3.05) is 6.54 Å². The third-order valence-electron chi connectivity index (χ3n) is 2.34. The Bertz CT molecular complexity index is 259. The second-order valence-corrected chi connectivity index (χ2v) is 5.39. The molecule has 0 aromatic heterocycles. The van der Waals surface area contributed by atoms with Gasteiger partial charge in [-0.15, -0.1) is 0 Å². The molecule has 0 aliphatic heterocycles. The van der Waals surface area contributed by atoms with Gasteiger partial charge in [0.1, 0.15) is 6.04 Å². The molecule has 5 nitrogen and oxygen atoms in total. The number of hydrogen-bond acceptors (Lipinski definition) is 2. The Morgan fingerprint density at radius 3 is 2.29 bits per heavy atom. The summed E-state index contributed by atoms with van der Waals surface area (Å²) >= 11 is 0. The summed E-state index contributed by atoms with van der Waals surface area (Å²) in [5.41, 5.74) is 0.156. The van der Waals surface area contributed by atoms with Gasteiger partial charge >= 0.3 is 12.0 Å². The number of carbonyl (C=O) groups is 2. The maximum atomic E-state index is 11.4. The smallest absolute Gasteiger partial charge is 0.326 e. The fraction of sp³-hybridized carbons (Fsp3) is 0.833. The van der Waals surface area contributed by atoms with Crippen LogP contribution in [0.1, 0.15) is 47.0 Å². The van der Waals surface area contributed by atoms with Crippen molar-refractivity contribution in [3.8, 4) is 0 Å². The Labute approximate surface area is 103 Å². The lowest BCUT2D eigenvalue weighted by molar-refractivity contribution is -0.139. The highest BCUT2D eigenvalue weighted by Crippen LogP contribution is 2.16. The average molecular weight is 244 g/mol. The highest BCUT2D eigenvalue weighted by atomic mass is 16.4. The van der Waals surface area contributed by atoms with E-state index in [1.807, 2.05) is 6.92 Å². The molecular formula is C12H24N2O3. The van der Waals surface area contributed by atoms with Gasteiger partial charge in [0.05, 0.1) is 0 Å². The van der Waals surface area contributed by atoms with Crippen LogP contribution in [-0.4, -0.2) is 29.7 Å². The summed E-state index contributed by atoms with van der Waals surface area (Å²) < 4.78 is 0. The molecule has 0 fully saturated rings. The number of rotatable bonds is 6. The molecule has 100 valence electrons. The highest BCUT2D eigenvalue weighted by Gasteiger charge is 2.18. The third-order valence-corrected chi connectivity index (χ3v) is 2.34. The van der Waals surface area contributed by atoms with Crippen molar-refractivity contribution in [3.63, 3.8) is 0 Å². The molecule has 0 aromatic rings. The molecule has 0 heterocycles. The summed E-state index contributed by atoms with van der Waals surface area (Å²) in [5, 5.41) is 14.0. The molecule has 0 rings (SSSR count). The summed E-state index contributed by atoms with van der Waals surface area (Å²) in [6, 6.07) is -1.20. The fourth-order valence-corrected chi connectivity index (χ4v) is 1.31. The number of aliphatic carboxylic acids is 1. The number of nitrogens with one attached hydrogen (secondary N) is 2. The molecule has 0 aliphatic carbocycles. The molecule has 0 saturated carbocycles. The zero-order valence-corrected chi connectivity index (χ0v) is 11.2. The normalized spacial score (nSPS) is 12.9. The molecule has 1 atom stereocenters. The minimum absolute atomic E-state index is 0.156. The molecule has 17 heavy (non-hydrogen) atoms. The van der Waals surface area contributed by atoms with Crippen LogP contribution in [0.15, 0.2) is 0 Å². The zero-order valence-electron chi connectivity index (χ0n) is 11.2. The van der Waals surface area contributed by atoms with E-state index >= 15 is 0 Å². The number of carboxylic acids is 1. The molecule has 2 amide bonds. The van der Waals surface area contributed by atoms with Gasteiger partial charge in [0.15, 0.2) is 0 Å². The monoisotopic (exact) mass is 244 g/mol. The standard InChI is InChI=1S/C12H24N2O3/c1-5-6-9(10(15)16)14-11(17)13-8-7-12(2,3)4/h9H,5-8H2,1-4H3,(H,15,16)(H2,13,14,17). The molecule has 1 unspecified atom stereocenters. The molecule has 0 bridgehead atoms. The largest absolute Gasteiger partial charge is 0.480 e. The Morgan fingerprint density at radius 2 is 1.88 bits per heavy atom. The third kappa shape index (κ3) is 8.54. The summed E-state index contributed by atoms with van der Waals surface area (Å²) in [6.45, 7) is 8.69. The van der Waals surface area contributed by atoms with E-state index < -0.39 is 18.0 Å². The predicted molar refractivity (Wildman–Crippen MR) is 66.9 cm³/mol. The van der Waals surface area contributed by atoms with Crippen LogP contribution in [0.4, 0.5) is 4.79 Å². The van der Waals surface area contributed by atoms with Crippen molar-refractivity contribution in [2.24, 2.45) is 5.41 Å². The minimum Gasteiger partial charge on any atom is -0.480 e. The quantitative estimate of drug-likeness (QED) is 0.668. The minimum atomic E-state index is -0.988. The molecule has 0 aliphatic rings. The first kappa shape index (κ1) is 15.7. The van der Waals surface area contributed by atoms with Crippen LogP contribution in [-0.2, 0) is 4.79 Å². The van der Waals surface area contributed by atoms with Crippen molar-refractivity contribution in [3.05, 3.63) is 0 Å². The lowest BCUT2D eigenvalue weighted by Crippen LogP contribution is -2.46. The van der Waals surface area contributed by atoms with Gasteiger partial charge < -0.3 is 15.7 Å². The number of hydrogen-bond donors (Lipinski definition) is 3. The fourth-order valence-electron chi connectivity index (χ4n) is 1.31. The van der Waals surface area contributed by atoms with Crippen LogP contribution < -0.4 is 10.6 Å². The Hall–Kier alpha value is -1.26. The molecule has 3 N–H and O–H groups in total. The Morgan fingerprint density at radius 1 is 1.29 bits per heavy atom. The van der Waals surface area contributed by atoms with Crippen molar-refractivity contribution in [2.45, 2.75) is 53.0 Å². The van der Waals surface area contributed by atoms with Crippen molar-refractivity contribution >= 4 is 12.0 Å². The van der Waals surface area contributed by atoms with Crippen LogP contribution in [0.2, 0.25) is 0 Å². The summed E-state index contributed by atoms with van der Waals surface area (Å²) in [7, 11) is 0. The summed E-state index contributed by atoms with van der Waals surface area (Å²) in [5.74, 6) is -0.988. The van der Waals surface area contributed by atoms with E-state index in [1.165, 1.54) is 0 Å². The summed E-state index contributed by atoms with van der Waals surface area (Å²) in [4.78, 5) is 22.2. The van der Waals surface area contributed by atoms with Crippen molar-refractivity contribution in [1.82, 2.24) is 10.6 Å². The van der Waals surface area contributed by atoms with Crippen LogP contribution in [0.5, 0.6) is 0 Å². The van der Waals surface area contributed by atoms with Crippen LogP contribution in [0, 0.1) is 5.41 Å². The topological polar surface area (TPSA) is 78.4 Å². The maximum Gasteiger partial charge on any atom is 0.326 e. The average Bonchev–Trinajstić information content (AvgIpc) is 2.14. The van der Waals surface area contributed by atoms with Gasteiger partial charge in [-0.1, -0.05) is 34.1 Å². The van der Waals surface area contributed by atoms with E-state index in [4.69, 9.17) is 5.11 Å². The number of carbonyl (C=O) groups excluding carboxylic acids is 1. The molecule has 0 aromatic carbocycles. The Balaban J connectivity index is 3.95. The van der Waals surface area contributed by atoms with Crippen molar-refractivity contribution < 1.29 is 14.7 Å². The van der Waals surface area contributed by atoms with Gasteiger partial charge in [0.2, 0.25) is 0 Å². The van der Waals surface area contributed by atoms with Crippen LogP contribution >= 0.6 is 0 Å². The second-order valence-electron chi connectivity index (χ2n) is 5.39. The van der Waals surface area contributed by atoms with E-state index in [0.717, 1.165) is 12.8 Å². The lowest BCUT2D eigenvalue weighted by Gasteiger charge is -2.19. The Kier molecular flexibility index (Phi) is 6.61. The van der Waals surface area contributed by atoms with Crippen LogP contribution in [0.3, 0.4) is 0 Å². The molecular weight excluding hydrogens is 220 g/mol. The molecule has 0 spiro atoms. The SMILES string of the molecule is CCCC(NC(=O)NCCC(C)(C)C)C(=O)O. The van der Waals surface area contributed by atoms with Gasteiger partial charge in [-0.2, -0.15) is 0 Å².